The average Bonchev–Trinajstić information content (AvgIpc) is 3.44. The van der Waals surface area contributed by atoms with Crippen LogP contribution in [-0.2, 0) is 19.8 Å². The molecule has 2 amide bonds. The second-order valence-corrected chi connectivity index (χ2v) is 8.88. The predicted octanol–water partition coefficient (Wildman–Crippen LogP) is 1.66. The molecule has 166 valence electrons. The van der Waals surface area contributed by atoms with Crippen LogP contribution in [0.5, 0.6) is 0 Å². The number of aromatic nitrogens is 2. The minimum Gasteiger partial charge on any atom is -0.383 e. The number of hydrogen-bond donors (Lipinski definition) is 3. The lowest BCUT2D eigenvalue weighted by Crippen LogP contribution is -2.79. The third-order valence-electron chi connectivity index (χ3n) is 7.17. The van der Waals surface area contributed by atoms with E-state index in [0.717, 1.165) is 5.56 Å². The molecule has 3 atom stereocenters. The van der Waals surface area contributed by atoms with E-state index in [1.54, 1.807) is 23.4 Å². The molecule has 9 nitrogen and oxygen atoms in total. The number of carbonyl (C=O) groups excluding carboxylic acids is 2. The van der Waals surface area contributed by atoms with Gasteiger partial charge in [0.2, 0.25) is 5.79 Å². The Labute approximate surface area is 185 Å². The lowest BCUT2D eigenvalue weighted by Gasteiger charge is -2.59. The normalized spacial score (nSPS) is 30.2. The molecule has 2 aromatic rings. The summed E-state index contributed by atoms with van der Waals surface area (Å²) in [6.45, 7) is 8.03. The molecule has 9 heteroatoms. The van der Waals surface area contributed by atoms with Gasteiger partial charge >= 0.3 is 0 Å². The molecule has 0 radical (unpaired) electrons. The maximum Gasteiger partial charge on any atom is 0.271 e. The molecule has 3 aliphatic heterocycles. The maximum absolute atomic E-state index is 13.5. The number of rotatable bonds is 4. The Balaban J connectivity index is 1.88. The summed E-state index contributed by atoms with van der Waals surface area (Å²) < 4.78 is 0. The van der Waals surface area contributed by atoms with Crippen molar-refractivity contribution in [3.05, 3.63) is 66.4 Å². The molecule has 0 aliphatic carbocycles. The van der Waals surface area contributed by atoms with Crippen molar-refractivity contribution in [2.75, 3.05) is 12.2 Å². The summed E-state index contributed by atoms with van der Waals surface area (Å²) in [5, 5.41) is 15.7. The van der Waals surface area contributed by atoms with Crippen molar-refractivity contribution in [3.8, 4) is 0 Å². The lowest BCUT2D eigenvalue weighted by atomic mass is 9.55. The van der Waals surface area contributed by atoms with Crippen molar-refractivity contribution in [2.45, 2.75) is 37.6 Å². The molecule has 1 aromatic carbocycles. The van der Waals surface area contributed by atoms with Gasteiger partial charge in [-0.25, -0.2) is 10.0 Å². The molecule has 32 heavy (non-hydrogen) atoms. The van der Waals surface area contributed by atoms with Gasteiger partial charge in [0, 0.05) is 0 Å². The lowest BCUT2D eigenvalue weighted by molar-refractivity contribution is -0.170. The van der Waals surface area contributed by atoms with Crippen LogP contribution in [0.1, 0.15) is 31.5 Å². The van der Waals surface area contributed by atoms with Crippen LogP contribution in [0.15, 0.2) is 55.1 Å². The zero-order chi connectivity index (χ0) is 22.9. The number of allylic oxidation sites excluding steroid dienone is 1. The van der Waals surface area contributed by atoms with E-state index in [-0.39, 0.29) is 12.1 Å². The molecule has 1 aromatic heterocycles. The highest BCUT2D eigenvalue weighted by Crippen LogP contribution is 2.66. The van der Waals surface area contributed by atoms with E-state index in [2.05, 4.69) is 21.9 Å². The highest BCUT2D eigenvalue weighted by Gasteiger charge is 2.78. The molecule has 1 unspecified atom stereocenters. The first-order chi connectivity index (χ1) is 15.2. The number of hydroxylamine groups is 1. The number of carbonyl (C=O) groups is 2. The van der Waals surface area contributed by atoms with Gasteiger partial charge in [0.25, 0.3) is 11.8 Å². The third kappa shape index (κ3) is 2.17. The van der Waals surface area contributed by atoms with Crippen LogP contribution in [-0.4, -0.2) is 50.8 Å². The second kappa shape index (κ2) is 6.54. The summed E-state index contributed by atoms with van der Waals surface area (Å²) in [5.41, 5.74) is 0.560. The number of amides is 2. The minimum atomic E-state index is -1.44. The topological polar surface area (TPSA) is 111 Å². The SMILES string of the molecule is C=CC(C)(C)[C@]12CC(O)C(=O)N3/C(=C/c4cnc[nH]4)C(=O)N[C@@]31N(OC)c1ccccc12. The number of aliphatic hydroxyl groups is 1. The summed E-state index contributed by atoms with van der Waals surface area (Å²) in [5.74, 6) is -2.48. The molecule has 5 rings (SSSR count). The first kappa shape index (κ1) is 20.5. The fourth-order valence-electron chi connectivity index (χ4n) is 5.68. The van der Waals surface area contributed by atoms with E-state index in [0.29, 0.717) is 11.4 Å². The number of aliphatic hydroxyl groups excluding tert-OH is 1. The van der Waals surface area contributed by atoms with E-state index >= 15 is 0 Å². The molecule has 1 spiro atoms. The van der Waals surface area contributed by atoms with Gasteiger partial charge in [0.1, 0.15) is 11.8 Å². The standard InChI is InChI=1S/C23H25N5O4/c1-5-21(2,3)22-11-18(29)20(31)27-17(10-14-12-24-13-25-14)19(30)26-23(22,27)28(32-4)16-9-7-6-8-15(16)22/h5-10,12-13,18,29H,1,11H2,2-4H3,(H,24,25)(H,26,30)/b17-10+/t18?,22-,23-/m1/s1. The Kier molecular flexibility index (Phi) is 4.18. The Bertz CT molecular complexity index is 1160. The predicted molar refractivity (Wildman–Crippen MR) is 116 cm³/mol. The van der Waals surface area contributed by atoms with E-state index in [1.807, 2.05) is 38.1 Å². The van der Waals surface area contributed by atoms with Crippen molar-refractivity contribution in [2.24, 2.45) is 5.41 Å². The van der Waals surface area contributed by atoms with Crippen molar-refractivity contribution in [1.82, 2.24) is 20.2 Å². The number of hydrogen-bond acceptors (Lipinski definition) is 6. The molecule has 0 saturated carbocycles. The molecule has 4 heterocycles. The van der Waals surface area contributed by atoms with Crippen molar-refractivity contribution < 1.29 is 19.5 Å². The molecule has 2 fully saturated rings. The molecule has 2 saturated heterocycles. The third-order valence-corrected chi connectivity index (χ3v) is 7.17. The molecular weight excluding hydrogens is 410 g/mol. The zero-order valence-corrected chi connectivity index (χ0v) is 18.1. The van der Waals surface area contributed by atoms with Crippen molar-refractivity contribution in [1.29, 1.82) is 0 Å². The molecule has 3 aliphatic rings. The van der Waals surface area contributed by atoms with Gasteiger partial charge in [0.05, 0.1) is 36.4 Å². The van der Waals surface area contributed by atoms with Crippen LogP contribution in [0.2, 0.25) is 0 Å². The van der Waals surface area contributed by atoms with E-state index in [4.69, 9.17) is 4.84 Å². The highest BCUT2D eigenvalue weighted by molar-refractivity contribution is 6.07. The second-order valence-electron chi connectivity index (χ2n) is 8.88. The number of para-hydroxylation sites is 1. The summed E-state index contributed by atoms with van der Waals surface area (Å²) in [6.07, 6.45) is 5.14. The van der Waals surface area contributed by atoms with Crippen molar-refractivity contribution in [3.63, 3.8) is 0 Å². The van der Waals surface area contributed by atoms with Gasteiger partial charge in [-0.15, -0.1) is 6.58 Å². The summed E-state index contributed by atoms with van der Waals surface area (Å²) in [7, 11) is 1.50. The quantitative estimate of drug-likeness (QED) is 0.498. The van der Waals surface area contributed by atoms with Gasteiger partial charge in [-0.2, -0.15) is 0 Å². The van der Waals surface area contributed by atoms with Crippen LogP contribution < -0.4 is 10.4 Å². The number of nitrogens with one attached hydrogen (secondary N) is 2. The monoisotopic (exact) mass is 435 g/mol. The molecule has 0 bridgehead atoms. The smallest absolute Gasteiger partial charge is 0.271 e. The molecular formula is C23H25N5O4. The number of imidazole rings is 1. The van der Waals surface area contributed by atoms with Crippen LogP contribution >= 0.6 is 0 Å². The first-order valence-electron chi connectivity index (χ1n) is 10.4. The van der Waals surface area contributed by atoms with E-state index < -0.39 is 34.5 Å². The van der Waals surface area contributed by atoms with Gasteiger partial charge in [-0.3, -0.25) is 19.3 Å². The zero-order valence-electron chi connectivity index (χ0n) is 18.1. The average molecular weight is 435 g/mol. The maximum atomic E-state index is 13.5. The van der Waals surface area contributed by atoms with Crippen LogP contribution in [0.4, 0.5) is 5.69 Å². The van der Waals surface area contributed by atoms with E-state index in [9.17, 15) is 14.7 Å². The number of benzene rings is 1. The minimum absolute atomic E-state index is 0.0792. The Morgan fingerprint density at radius 3 is 2.75 bits per heavy atom. The van der Waals surface area contributed by atoms with Gasteiger partial charge in [-0.1, -0.05) is 38.1 Å². The number of piperidine rings is 1. The van der Waals surface area contributed by atoms with Crippen LogP contribution in [0.3, 0.4) is 0 Å². The largest absolute Gasteiger partial charge is 0.383 e. The van der Waals surface area contributed by atoms with Crippen LogP contribution in [0, 0.1) is 5.41 Å². The van der Waals surface area contributed by atoms with Crippen molar-refractivity contribution >= 4 is 23.6 Å². The number of anilines is 1. The number of nitrogens with zero attached hydrogens (tertiary/aromatic N) is 3. The molecule has 3 N–H and O–H groups in total. The van der Waals surface area contributed by atoms with Gasteiger partial charge in [0.15, 0.2) is 0 Å². The van der Waals surface area contributed by atoms with Gasteiger partial charge < -0.3 is 15.4 Å². The summed E-state index contributed by atoms with van der Waals surface area (Å²) in [6, 6.07) is 7.60. The Morgan fingerprint density at radius 2 is 2.09 bits per heavy atom. The first-order valence-corrected chi connectivity index (χ1v) is 10.4. The van der Waals surface area contributed by atoms with E-state index in [1.165, 1.54) is 18.3 Å². The number of H-pyrrole nitrogens is 1. The fourth-order valence-corrected chi connectivity index (χ4v) is 5.68. The summed E-state index contributed by atoms with van der Waals surface area (Å²) >= 11 is 0. The Morgan fingerprint density at radius 1 is 1.34 bits per heavy atom. The number of aromatic amines is 1. The number of fused-ring (bicyclic) bond motifs is 2. The summed E-state index contributed by atoms with van der Waals surface area (Å²) in [4.78, 5) is 41.1. The Hall–Kier alpha value is -3.43. The highest BCUT2D eigenvalue weighted by atomic mass is 16.7. The van der Waals surface area contributed by atoms with Gasteiger partial charge in [-0.05, 0) is 29.5 Å². The fraction of sp³-hybridized carbons (Fsp3) is 0.348. The van der Waals surface area contributed by atoms with Crippen LogP contribution in [0.25, 0.3) is 6.08 Å².